The highest BCUT2D eigenvalue weighted by Gasteiger charge is 2.05. The third-order valence-electron chi connectivity index (χ3n) is 2.76. The molecule has 0 aliphatic carbocycles. The molecule has 0 heterocycles. The molecule has 0 fully saturated rings. The SMILES string of the molecule is Oc1cccc(CNCC(O)c2ccccc2)c1. The molecule has 0 amide bonds. The first-order chi connectivity index (χ1) is 8.75. The Kier molecular flexibility index (Phi) is 4.34. The number of aromatic hydroxyl groups is 1. The summed E-state index contributed by atoms with van der Waals surface area (Å²) in [4.78, 5) is 0. The first-order valence-electron chi connectivity index (χ1n) is 5.97. The Morgan fingerprint density at radius 2 is 1.78 bits per heavy atom. The second-order valence-corrected chi connectivity index (χ2v) is 4.23. The van der Waals surface area contributed by atoms with E-state index >= 15 is 0 Å². The summed E-state index contributed by atoms with van der Waals surface area (Å²) in [6, 6.07) is 16.6. The lowest BCUT2D eigenvalue weighted by atomic mass is 10.1. The summed E-state index contributed by atoms with van der Waals surface area (Å²) in [6.07, 6.45) is -0.511. The van der Waals surface area contributed by atoms with Gasteiger partial charge in [-0.1, -0.05) is 42.5 Å². The van der Waals surface area contributed by atoms with Crippen LogP contribution in [-0.2, 0) is 6.54 Å². The van der Waals surface area contributed by atoms with Crippen LogP contribution in [0.4, 0.5) is 0 Å². The number of hydrogen-bond donors (Lipinski definition) is 3. The topological polar surface area (TPSA) is 52.5 Å². The zero-order valence-electron chi connectivity index (χ0n) is 10.1. The van der Waals surface area contributed by atoms with Crippen molar-refractivity contribution in [3.8, 4) is 5.75 Å². The fraction of sp³-hybridized carbons (Fsp3) is 0.200. The Bertz CT molecular complexity index is 485. The van der Waals surface area contributed by atoms with Gasteiger partial charge in [0.15, 0.2) is 0 Å². The molecule has 3 nitrogen and oxygen atoms in total. The fourth-order valence-electron chi connectivity index (χ4n) is 1.81. The molecule has 94 valence electrons. The van der Waals surface area contributed by atoms with Crippen LogP contribution in [0.1, 0.15) is 17.2 Å². The Hall–Kier alpha value is -1.84. The van der Waals surface area contributed by atoms with Gasteiger partial charge in [-0.15, -0.1) is 0 Å². The molecule has 3 heteroatoms. The van der Waals surface area contributed by atoms with Gasteiger partial charge in [0.1, 0.15) is 5.75 Å². The van der Waals surface area contributed by atoms with E-state index in [4.69, 9.17) is 0 Å². The molecule has 0 bridgehead atoms. The highest BCUT2D eigenvalue weighted by atomic mass is 16.3. The van der Waals surface area contributed by atoms with E-state index in [1.807, 2.05) is 36.4 Å². The van der Waals surface area contributed by atoms with Gasteiger partial charge in [-0.25, -0.2) is 0 Å². The molecule has 18 heavy (non-hydrogen) atoms. The highest BCUT2D eigenvalue weighted by Crippen LogP contribution is 2.12. The molecular formula is C15H17NO2. The number of aliphatic hydroxyl groups excluding tert-OH is 1. The summed E-state index contributed by atoms with van der Waals surface area (Å²) in [6.45, 7) is 1.11. The lowest BCUT2D eigenvalue weighted by Gasteiger charge is -2.12. The third-order valence-corrected chi connectivity index (χ3v) is 2.76. The van der Waals surface area contributed by atoms with Gasteiger partial charge in [-0.3, -0.25) is 0 Å². The van der Waals surface area contributed by atoms with Gasteiger partial charge < -0.3 is 15.5 Å². The van der Waals surface area contributed by atoms with E-state index < -0.39 is 6.10 Å². The van der Waals surface area contributed by atoms with E-state index in [-0.39, 0.29) is 5.75 Å². The van der Waals surface area contributed by atoms with Crippen LogP contribution in [0.3, 0.4) is 0 Å². The van der Waals surface area contributed by atoms with Gasteiger partial charge in [0.2, 0.25) is 0 Å². The summed E-state index contributed by atoms with van der Waals surface area (Å²) in [7, 11) is 0. The molecule has 1 unspecified atom stereocenters. The van der Waals surface area contributed by atoms with Gasteiger partial charge >= 0.3 is 0 Å². The average molecular weight is 243 g/mol. The first kappa shape index (κ1) is 12.6. The van der Waals surface area contributed by atoms with Crippen molar-refractivity contribution >= 4 is 0 Å². The molecule has 0 saturated heterocycles. The van der Waals surface area contributed by atoms with Crippen LogP contribution in [0.25, 0.3) is 0 Å². The number of benzene rings is 2. The van der Waals surface area contributed by atoms with Crippen molar-refractivity contribution in [2.45, 2.75) is 12.6 Å². The van der Waals surface area contributed by atoms with Crippen LogP contribution < -0.4 is 5.32 Å². The molecule has 3 N–H and O–H groups in total. The van der Waals surface area contributed by atoms with Gasteiger partial charge in [0.25, 0.3) is 0 Å². The number of rotatable bonds is 5. The van der Waals surface area contributed by atoms with E-state index in [1.165, 1.54) is 0 Å². The smallest absolute Gasteiger partial charge is 0.115 e. The predicted octanol–water partition coefficient (Wildman–Crippen LogP) is 2.22. The number of phenolic OH excluding ortho intramolecular Hbond substituents is 1. The van der Waals surface area contributed by atoms with E-state index in [0.29, 0.717) is 13.1 Å². The van der Waals surface area contributed by atoms with E-state index in [1.54, 1.807) is 18.2 Å². The van der Waals surface area contributed by atoms with Crippen LogP contribution in [0.2, 0.25) is 0 Å². The summed E-state index contributed by atoms with van der Waals surface area (Å²) in [5.74, 6) is 0.262. The Labute approximate surface area is 107 Å². The second-order valence-electron chi connectivity index (χ2n) is 4.23. The summed E-state index contributed by atoms with van der Waals surface area (Å²) in [5.41, 5.74) is 1.90. The molecule has 0 spiro atoms. The molecule has 0 aromatic heterocycles. The minimum Gasteiger partial charge on any atom is -0.508 e. The quantitative estimate of drug-likeness (QED) is 0.754. The van der Waals surface area contributed by atoms with Gasteiger partial charge in [0, 0.05) is 13.1 Å². The van der Waals surface area contributed by atoms with Crippen LogP contribution >= 0.6 is 0 Å². The lowest BCUT2D eigenvalue weighted by Crippen LogP contribution is -2.20. The van der Waals surface area contributed by atoms with Gasteiger partial charge in [-0.05, 0) is 23.3 Å². The molecule has 0 radical (unpaired) electrons. The van der Waals surface area contributed by atoms with Crippen molar-refractivity contribution in [2.75, 3.05) is 6.54 Å². The van der Waals surface area contributed by atoms with Crippen LogP contribution in [-0.4, -0.2) is 16.8 Å². The first-order valence-corrected chi connectivity index (χ1v) is 5.97. The Morgan fingerprint density at radius 1 is 1.00 bits per heavy atom. The lowest BCUT2D eigenvalue weighted by molar-refractivity contribution is 0.174. The second kappa shape index (κ2) is 6.19. The molecule has 1 atom stereocenters. The van der Waals surface area contributed by atoms with Crippen molar-refractivity contribution in [1.82, 2.24) is 5.32 Å². The number of phenols is 1. The number of hydrogen-bond acceptors (Lipinski definition) is 3. The van der Waals surface area contributed by atoms with Crippen molar-refractivity contribution in [2.24, 2.45) is 0 Å². The van der Waals surface area contributed by atoms with E-state index in [2.05, 4.69) is 5.32 Å². The molecule has 0 saturated carbocycles. The van der Waals surface area contributed by atoms with Crippen molar-refractivity contribution < 1.29 is 10.2 Å². The fourth-order valence-corrected chi connectivity index (χ4v) is 1.81. The van der Waals surface area contributed by atoms with Crippen molar-refractivity contribution in [3.05, 3.63) is 65.7 Å². The van der Waals surface area contributed by atoms with Crippen LogP contribution in [0, 0.1) is 0 Å². The zero-order chi connectivity index (χ0) is 12.8. The third kappa shape index (κ3) is 3.58. The Balaban J connectivity index is 1.82. The molecule has 2 rings (SSSR count). The summed E-state index contributed by atoms with van der Waals surface area (Å²) in [5, 5.41) is 22.4. The number of aliphatic hydroxyl groups is 1. The zero-order valence-corrected chi connectivity index (χ0v) is 10.1. The standard InChI is InChI=1S/C15H17NO2/c17-14-8-4-5-12(9-14)10-16-11-15(18)13-6-2-1-3-7-13/h1-9,15-18H,10-11H2. The van der Waals surface area contributed by atoms with E-state index in [9.17, 15) is 10.2 Å². The maximum atomic E-state index is 9.94. The normalized spacial score (nSPS) is 12.3. The van der Waals surface area contributed by atoms with Gasteiger partial charge in [-0.2, -0.15) is 0 Å². The molecule has 2 aromatic rings. The predicted molar refractivity (Wildman–Crippen MR) is 71.2 cm³/mol. The van der Waals surface area contributed by atoms with Crippen molar-refractivity contribution in [3.63, 3.8) is 0 Å². The maximum Gasteiger partial charge on any atom is 0.115 e. The van der Waals surface area contributed by atoms with Crippen molar-refractivity contribution in [1.29, 1.82) is 0 Å². The molecular weight excluding hydrogens is 226 g/mol. The van der Waals surface area contributed by atoms with Gasteiger partial charge in [0.05, 0.1) is 6.10 Å². The maximum absolute atomic E-state index is 9.94. The Morgan fingerprint density at radius 3 is 2.50 bits per heavy atom. The minimum absolute atomic E-state index is 0.262. The minimum atomic E-state index is -0.511. The molecule has 0 aliphatic heterocycles. The molecule has 2 aromatic carbocycles. The number of nitrogens with one attached hydrogen (secondary N) is 1. The largest absolute Gasteiger partial charge is 0.508 e. The summed E-state index contributed by atoms with van der Waals surface area (Å²) >= 11 is 0. The monoisotopic (exact) mass is 243 g/mol. The summed E-state index contributed by atoms with van der Waals surface area (Å²) < 4.78 is 0. The average Bonchev–Trinajstić information content (AvgIpc) is 2.40. The van der Waals surface area contributed by atoms with Crippen LogP contribution in [0.15, 0.2) is 54.6 Å². The van der Waals surface area contributed by atoms with E-state index in [0.717, 1.165) is 11.1 Å². The highest BCUT2D eigenvalue weighted by molar-refractivity contribution is 5.27. The van der Waals surface area contributed by atoms with Crippen LogP contribution in [0.5, 0.6) is 5.75 Å². The molecule has 0 aliphatic rings.